The van der Waals surface area contributed by atoms with Crippen LogP contribution < -0.4 is 0 Å². The second-order valence-electron chi connectivity index (χ2n) is 5.68. The van der Waals surface area contributed by atoms with Gasteiger partial charge in [-0.2, -0.15) is 0 Å². The minimum atomic E-state index is -0.591. The maximum Gasteiger partial charge on any atom is 0.330 e. The highest BCUT2D eigenvalue weighted by Crippen LogP contribution is 2.41. The number of carbonyl (C=O) groups excluding carboxylic acids is 2. The first-order valence-electron chi connectivity index (χ1n) is 7.73. The van der Waals surface area contributed by atoms with Crippen molar-refractivity contribution in [1.29, 1.82) is 0 Å². The lowest BCUT2D eigenvalue weighted by molar-refractivity contribution is -0.154. The van der Waals surface area contributed by atoms with Gasteiger partial charge in [-0.25, -0.2) is 4.79 Å². The van der Waals surface area contributed by atoms with E-state index < -0.39 is 6.04 Å². The number of amides is 1. The molecule has 0 spiro atoms. The number of hydrogen-bond donors (Lipinski definition) is 0. The Balaban J connectivity index is 1.70. The van der Waals surface area contributed by atoms with Crippen LogP contribution in [0.4, 0.5) is 0 Å². The number of rotatable bonds is 4. The van der Waals surface area contributed by atoms with Gasteiger partial charge in [-0.3, -0.25) is 4.79 Å². The number of carbonyl (C=O) groups is 2. The Morgan fingerprint density at radius 3 is 2.75 bits per heavy atom. The first-order chi connectivity index (χ1) is 11.6. The largest absolute Gasteiger partial charge is 0.466 e. The number of aryl methyl sites for hydroxylation is 1. The highest BCUT2D eigenvalue weighted by molar-refractivity contribution is 7.99. The van der Waals surface area contributed by atoms with E-state index in [9.17, 15) is 9.59 Å². The third kappa shape index (κ3) is 3.33. The molecule has 1 aromatic carbocycles. The highest BCUT2D eigenvalue weighted by atomic mass is 32.2. The van der Waals surface area contributed by atoms with Crippen molar-refractivity contribution in [2.45, 2.75) is 31.9 Å². The number of esters is 1. The van der Waals surface area contributed by atoms with Gasteiger partial charge < -0.3 is 14.1 Å². The molecule has 1 aliphatic rings. The van der Waals surface area contributed by atoms with Gasteiger partial charge in [0.05, 0.1) is 6.26 Å². The summed E-state index contributed by atoms with van der Waals surface area (Å²) in [5, 5.41) is -0.284. The summed E-state index contributed by atoms with van der Waals surface area (Å²) in [6, 6.07) is 10.8. The van der Waals surface area contributed by atoms with E-state index in [-0.39, 0.29) is 23.9 Å². The summed E-state index contributed by atoms with van der Waals surface area (Å²) >= 11 is 1.51. The summed E-state index contributed by atoms with van der Waals surface area (Å²) in [7, 11) is 0. The predicted molar refractivity (Wildman–Crippen MR) is 91.2 cm³/mol. The first kappa shape index (κ1) is 16.6. The van der Waals surface area contributed by atoms with E-state index in [1.807, 2.05) is 37.3 Å². The lowest BCUT2D eigenvalue weighted by atomic mass is 10.1. The Bertz CT molecular complexity index is 728. The smallest absolute Gasteiger partial charge is 0.330 e. The van der Waals surface area contributed by atoms with Crippen molar-refractivity contribution in [3.63, 3.8) is 0 Å². The lowest BCUT2D eigenvalue weighted by Gasteiger charge is -2.25. The zero-order valence-corrected chi connectivity index (χ0v) is 14.4. The molecule has 0 radical (unpaired) electrons. The summed E-state index contributed by atoms with van der Waals surface area (Å²) < 4.78 is 10.9. The van der Waals surface area contributed by atoms with Crippen LogP contribution in [0, 0.1) is 6.92 Å². The monoisotopic (exact) mass is 345 g/mol. The third-order valence-electron chi connectivity index (χ3n) is 4.05. The van der Waals surface area contributed by atoms with E-state index in [1.165, 1.54) is 18.7 Å². The van der Waals surface area contributed by atoms with Gasteiger partial charge in [-0.1, -0.05) is 24.3 Å². The van der Waals surface area contributed by atoms with Gasteiger partial charge in [-0.05, 0) is 30.2 Å². The fraction of sp³-hybridized carbons (Fsp3) is 0.333. The van der Waals surface area contributed by atoms with Crippen molar-refractivity contribution in [3.05, 3.63) is 59.5 Å². The second kappa shape index (κ2) is 7.13. The first-order valence-corrected chi connectivity index (χ1v) is 8.78. The van der Waals surface area contributed by atoms with E-state index in [1.54, 1.807) is 17.2 Å². The fourth-order valence-corrected chi connectivity index (χ4v) is 4.16. The third-order valence-corrected chi connectivity index (χ3v) is 5.34. The fourth-order valence-electron chi connectivity index (χ4n) is 2.74. The van der Waals surface area contributed by atoms with Crippen LogP contribution in [0.5, 0.6) is 0 Å². The molecule has 0 bridgehead atoms. The van der Waals surface area contributed by atoms with Gasteiger partial charge in [0.1, 0.15) is 23.8 Å². The molecule has 1 aromatic heterocycles. The minimum absolute atomic E-state index is 0.167. The molecular formula is C18H19NO4S. The Hall–Kier alpha value is -2.21. The van der Waals surface area contributed by atoms with E-state index in [0.29, 0.717) is 11.5 Å². The van der Waals surface area contributed by atoms with Crippen LogP contribution in [-0.2, 0) is 20.9 Å². The molecule has 1 saturated heterocycles. The van der Waals surface area contributed by atoms with E-state index in [0.717, 1.165) is 11.1 Å². The molecule has 2 aromatic rings. The van der Waals surface area contributed by atoms with Crippen molar-refractivity contribution in [2.24, 2.45) is 0 Å². The molecule has 1 amide bonds. The quantitative estimate of drug-likeness (QED) is 0.796. The number of furan rings is 1. The molecule has 0 unspecified atom stereocenters. The van der Waals surface area contributed by atoms with Crippen LogP contribution >= 0.6 is 11.8 Å². The maximum atomic E-state index is 12.5. The van der Waals surface area contributed by atoms with Gasteiger partial charge in [0, 0.05) is 12.7 Å². The van der Waals surface area contributed by atoms with Crippen molar-refractivity contribution >= 4 is 23.6 Å². The van der Waals surface area contributed by atoms with Crippen LogP contribution in [0.25, 0.3) is 0 Å². The molecule has 24 heavy (non-hydrogen) atoms. The molecule has 2 atom stereocenters. The lowest BCUT2D eigenvalue weighted by Crippen LogP contribution is -2.42. The van der Waals surface area contributed by atoms with Crippen LogP contribution in [0.15, 0.2) is 47.1 Å². The molecule has 5 nitrogen and oxygen atoms in total. The van der Waals surface area contributed by atoms with Gasteiger partial charge in [0.15, 0.2) is 0 Å². The average Bonchev–Trinajstić information content (AvgIpc) is 3.22. The Labute approximate surface area is 145 Å². The highest BCUT2D eigenvalue weighted by Gasteiger charge is 2.43. The van der Waals surface area contributed by atoms with E-state index in [4.69, 9.17) is 9.15 Å². The molecule has 1 aliphatic heterocycles. The molecule has 0 aliphatic carbocycles. The Kier molecular flexibility index (Phi) is 4.94. The summed E-state index contributed by atoms with van der Waals surface area (Å²) in [5.74, 6) is 0.621. The topological polar surface area (TPSA) is 59.8 Å². The number of hydrogen-bond acceptors (Lipinski definition) is 5. The number of nitrogens with zero attached hydrogens (tertiary/aromatic N) is 1. The molecule has 1 fully saturated rings. The van der Waals surface area contributed by atoms with Crippen LogP contribution in [-0.4, -0.2) is 28.6 Å². The summed E-state index contributed by atoms with van der Waals surface area (Å²) in [4.78, 5) is 26.1. The molecule has 3 rings (SSSR count). The molecular weight excluding hydrogens is 326 g/mol. The average molecular weight is 345 g/mol. The van der Waals surface area contributed by atoms with Crippen molar-refractivity contribution in [3.8, 4) is 0 Å². The molecule has 126 valence electrons. The summed E-state index contributed by atoms with van der Waals surface area (Å²) in [6.07, 6.45) is 1.57. The van der Waals surface area contributed by atoms with Crippen molar-refractivity contribution in [1.82, 2.24) is 4.90 Å². The molecule has 6 heteroatoms. The summed E-state index contributed by atoms with van der Waals surface area (Å²) in [6.45, 7) is 3.65. The summed E-state index contributed by atoms with van der Waals surface area (Å²) in [5.41, 5.74) is 2.04. The molecule has 0 saturated carbocycles. The van der Waals surface area contributed by atoms with Crippen LogP contribution in [0.1, 0.15) is 29.2 Å². The number of thioether (sulfide) groups is 1. The normalized spacial score (nSPS) is 20.2. The van der Waals surface area contributed by atoms with Gasteiger partial charge >= 0.3 is 5.97 Å². The van der Waals surface area contributed by atoms with Crippen molar-refractivity contribution in [2.75, 3.05) is 5.75 Å². The standard InChI is InChI=1S/C18H19NO4S/c1-12-6-3-4-7-14(12)10-23-18(21)15-11-24-17(19(15)13(2)20)16-8-5-9-22-16/h3-9,15,17H,10-11H2,1-2H3/t15-,17+/m0/s1. The zero-order chi connectivity index (χ0) is 17.1. The van der Waals surface area contributed by atoms with Gasteiger partial charge in [0.25, 0.3) is 0 Å². The number of ether oxygens (including phenoxy) is 1. The SMILES string of the molecule is CC(=O)N1[C@@H](c2ccco2)SC[C@H]1C(=O)OCc1ccccc1C. The van der Waals surface area contributed by atoms with Crippen LogP contribution in [0.2, 0.25) is 0 Å². The maximum absolute atomic E-state index is 12.5. The Morgan fingerprint density at radius 2 is 2.08 bits per heavy atom. The zero-order valence-electron chi connectivity index (χ0n) is 13.6. The molecule has 2 heterocycles. The predicted octanol–water partition coefficient (Wildman–Crippen LogP) is 3.29. The van der Waals surface area contributed by atoms with Gasteiger partial charge in [0.2, 0.25) is 5.91 Å². The van der Waals surface area contributed by atoms with E-state index >= 15 is 0 Å². The van der Waals surface area contributed by atoms with Crippen molar-refractivity contribution < 1.29 is 18.7 Å². The van der Waals surface area contributed by atoms with E-state index in [2.05, 4.69) is 0 Å². The number of benzene rings is 1. The minimum Gasteiger partial charge on any atom is -0.466 e. The van der Waals surface area contributed by atoms with Crippen LogP contribution in [0.3, 0.4) is 0 Å². The Morgan fingerprint density at radius 1 is 1.29 bits per heavy atom. The molecule has 0 N–H and O–H groups in total. The van der Waals surface area contributed by atoms with Gasteiger partial charge in [-0.15, -0.1) is 11.8 Å². The second-order valence-corrected chi connectivity index (χ2v) is 6.79.